The molecule has 0 fully saturated rings. The molecule has 100 valence electrons. The molecule has 0 heterocycles. The molecule has 2 N–H and O–H groups in total. The fourth-order valence-corrected chi connectivity index (χ4v) is 1.87. The van der Waals surface area contributed by atoms with Crippen LogP contribution in [0.25, 0.3) is 0 Å². The van der Waals surface area contributed by atoms with E-state index in [4.69, 9.17) is 0 Å². The molecule has 1 amide bonds. The lowest BCUT2D eigenvalue weighted by molar-refractivity contribution is -0.121. The van der Waals surface area contributed by atoms with Gasteiger partial charge in [0.05, 0.1) is 0 Å². The summed E-state index contributed by atoms with van der Waals surface area (Å²) >= 11 is 3.48. The maximum Gasteiger partial charge on any atom is 0.242 e. The maximum absolute atomic E-state index is 11.9. The Hall–Kier alpha value is -1.03. The van der Waals surface area contributed by atoms with Gasteiger partial charge in [0.2, 0.25) is 5.91 Å². The molecule has 18 heavy (non-hydrogen) atoms. The van der Waals surface area contributed by atoms with Crippen LogP contribution < -0.4 is 10.6 Å². The minimum atomic E-state index is -0.248. The van der Waals surface area contributed by atoms with E-state index < -0.39 is 0 Å². The summed E-state index contributed by atoms with van der Waals surface area (Å²) in [6, 6.07) is 5.78. The van der Waals surface area contributed by atoms with Crippen LogP contribution in [0.4, 0.5) is 5.69 Å². The molecule has 1 aromatic carbocycles. The van der Waals surface area contributed by atoms with Gasteiger partial charge < -0.3 is 10.6 Å². The van der Waals surface area contributed by atoms with Crippen LogP contribution in [0.2, 0.25) is 0 Å². The van der Waals surface area contributed by atoms with Crippen LogP contribution in [0.3, 0.4) is 0 Å². The monoisotopic (exact) mass is 312 g/mol. The SMILES string of the molecule is Cc1ccc(Br)c(NC(C)C(=O)NCC(C)C)c1. The van der Waals surface area contributed by atoms with Crippen LogP contribution in [0.1, 0.15) is 26.3 Å². The zero-order chi connectivity index (χ0) is 13.7. The van der Waals surface area contributed by atoms with Gasteiger partial charge in [0.1, 0.15) is 6.04 Å². The van der Waals surface area contributed by atoms with Crippen LogP contribution in [0.15, 0.2) is 22.7 Å². The summed E-state index contributed by atoms with van der Waals surface area (Å²) in [4.78, 5) is 11.9. The first-order valence-electron chi connectivity index (χ1n) is 6.20. The molecule has 0 saturated carbocycles. The van der Waals surface area contributed by atoms with Crippen LogP contribution in [-0.4, -0.2) is 18.5 Å². The van der Waals surface area contributed by atoms with Gasteiger partial charge in [0, 0.05) is 16.7 Å². The molecule has 1 unspecified atom stereocenters. The van der Waals surface area contributed by atoms with Gasteiger partial charge in [0.15, 0.2) is 0 Å². The first kappa shape index (κ1) is 15.0. The maximum atomic E-state index is 11.9. The Morgan fingerprint density at radius 3 is 2.61 bits per heavy atom. The van der Waals surface area contributed by atoms with Gasteiger partial charge in [-0.15, -0.1) is 0 Å². The number of nitrogens with one attached hydrogen (secondary N) is 2. The zero-order valence-electron chi connectivity index (χ0n) is 11.4. The van der Waals surface area contributed by atoms with Gasteiger partial charge in [-0.2, -0.15) is 0 Å². The standard InChI is InChI=1S/C14H21BrN2O/c1-9(2)8-16-14(18)11(4)17-13-7-10(3)5-6-12(13)15/h5-7,9,11,17H,8H2,1-4H3,(H,16,18). The van der Waals surface area contributed by atoms with Crippen molar-refractivity contribution < 1.29 is 4.79 Å². The third kappa shape index (κ3) is 4.69. The highest BCUT2D eigenvalue weighted by Gasteiger charge is 2.13. The van der Waals surface area contributed by atoms with E-state index in [0.717, 1.165) is 15.7 Å². The number of halogens is 1. The van der Waals surface area contributed by atoms with Crippen LogP contribution in [-0.2, 0) is 4.79 Å². The number of anilines is 1. The van der Waals surface area contributed by atoms with Crippen molar-refractivity contribution in [2.24, 2.45) is 5.92 Å². The Morgan fingerprint density at radius 2 is 2.00 bits per heavy atom. The number of carbonyl (C=O) groups excluding carboxylic acids is 1. The molecule has 3 nitrogen and oxygen atoms in total. The predicted molar refractivity (Wildman–Crippen MR) is 79.8 cm³/mol. The smallest absolute Gasteiger partial charge is 0.242 e. The van der Waals surface area contributed by atoms with Crippen LogP contribution in [0, 0.1) is 12.8 Å². The average molecular weight is 313 g/mol. The van der Waals surface area contributed by atoms with E-state index in [1.165, 1.54) is 0 Å². The molecule has 0 saturated heterocycles. The van der Waals surface area contributed by atoms with Crippen molar-refractivity contribution in [3.05, 3.63) is 28.2 Å². The predicted octanol–water partition coefficient (Wildman–Crippen LogP) is 3.33. The van der Waals surface area contributed by atoms with E-state index in [9.17, 15) is 4.79 Å². The van der Waals surface area contributed by atoms with Gasteiger partial charge in [-0.1, -0.05) is 19.9 Å². The molecule has 0 aromatic heterocycles. The van der Waals surface area contributed by atoms with Crippen LogP contribution >= 0.6 is 15.9 Å². The largest absolute Gasteiger partial charge is 0.373 e. The van der Waals surface area contributed by atoms with E-state index in [1.54, 1.807) is 0 Å². The van der Waals surface area contributed by atoms with Crippen molar-refractivity contribution in [3.8, 4) is 0 Å². The third-order valence-electron chi connectivity index (χ3n) is 2.57. The average Bonchev–Trinajstić information content (AvgIpc) is 2.30. The molecule has 1 aromatic rings. The topological polar surface area (TPSA) is 41.1 Å². The minimum absolute atomic E-state index is 0.0251. The van der Waals surface area contributed by atoms with Crippen LogP contribution in [0.5, 0.6) is 0 Å². The fourth-order valence-electron chi connectivity index (χ4n) is 1.51. The summed E-state index contributed by atoms with van der Waals surface area (Å²) in [6.07, 6.45) is 0. The fraction of sp³-hybridized carbons (Fsp3) is 0.500. The second-order valence-electron chi connectivity index (χ2n) is 4.99. The van der Waals surface area contributed by atoms with Gasteiger partial charge in [0.25, 0.3) is 0 Å². The molecule has 0 aliphatic heterocycles. The highest BCUT2D eigenvalue weighted by atomic mass is 79.9. The Balaban J connectivity index is 2.60. The lowest BCUT2D eigenvalue weighted by Crippen LogP contribution is -2.39. The van der Waals surface area contributed by atoms with Crippen molar-refractivity contribution in [2.45, 2.75) is 33.7 Å². The van der Waals surface area contributed by atoms with E-state index >= 15 is 0 Å². The van der Waals surface area contributed by atoms with E-state index in [2.05, 4.69) is 40.4 Å². The number of hydrogen-bond acceptors (Lipinski definition) is 2. The second-order valence-corrected chi connectivity index (χ2v) is 5.84. The molecule has 0 spiro atoms. The molecule has 0 bridgehead atoms. The molecule has 1 rings (SSSR count). The van der Waals surface area contributed by atoms with Gasteiger partial charge in [-0.05, 0) is 53.4 Å². The van der Waals surface area contributed by atoms with Crippen molar-refractivity contribution in [1.82, 2.24) is 5.32 Å². The quantitative estimate of drug-likeness (QED) is 0.875. The summed E-state index contributed by atoms with van der Waals surface area (Å²) in [7, 11) is 0. The molecular formula is C14H21BrN2O. The number of hydrogen-bond donors (Lipinski definition) is 2. The normalized spacial score (nSPS) is 12.3. The molecule has 0 aliphatic carbocycles. The molecule has 4 heteroatoms. The van der Waals surface area contributed by atoms with Crippen molar-refractivity contribution in [1.29, 1.82) is 0 Å². The van der Waals surface area contributed by atoms with E-state index in [-0.39, 0.29) is 11.9 Å². The number of benzene rings is 1. The van der Waals surface area contributed by atoms with Gasteiger partial charge in [-0.3, -0.25) is 4.79 Å². The van der Waals surface area contributed by atoms with Crippen molar-refractivity contribution in [3.63, 3.8) is 0 Å². The first-order chi connectivity index (χ1) is 8.40. The van der Waals surface area contributed by atoms with Gasteiger partial charge in [-0.25, -0.2) is 0 Å². The number of carbonyl (C=O) groups is 1. The van der Waals surface area contributed by atoms with Crippen molar-refractivity contribution in [2.75, 3.05) is 11.9 Å². The molecule has 0 radical (unpaired) electrons. The summed E-state index contributed by atoms with van der Waals surface area (Å²) < 4.78 is 0.969. The highest BCUT2D eigenvalue weighted by Crippen LogP contribution is 2.23. The van der Waals surface area contributed by atoms with Crippen molar-refractivity contribution >= 4 is 27.5 Å². The number of amides is 1. The first-order valence-corrected chi connectivity index (χ1v) is 7.00. The minimum Gasteiger partial charge on any atom is -0.373 e. The number of rotatable bonds is 5. The Labute approximate surface area is 117 Å². The summed E-state index contributed by atoms with van der Waals surface area (Å²) in [6.45, 7) is 8.76. The zero-order valence-corrected chi connectivity index (χ0v) is 13.0. The molecular weight excluding hydrogens is 292 g/mol. The van der Waals surface area contributed by atoms with E-state index in [0.29, 0.717) is 12.5 Å². The Bertz CT molecular complexity index is 418. The lowest BCUT2D eigenvalue weighted by atomic mass is 10.2. The second kappa shape index (κ2) is 6.78. The molecule has 0 aliphatic rings. The summed E-state index contributed by atoms with van der Waals surface area (Å²) in [5.74, 6) is 0.490. The summed E-state index contributed by atoms with van der Waals surface area (Å²) in [5, 5.41) is 6.14. The highest BCUT2D eigenvalue weighted by molar-refractivity contribution is 9.10. The summed E-state index contributed by atoms with van der Waals surface area (Å²) in [5.41, 5.74) is 2.11. The number of aryl methyl sites for hydroxylation is 1. The third-order valence-corrected chi connectivity index (χ3v) is 3.26. The Kier molecular flexibility index (Phi) is 5.66. The lowest BCUT2D eigenvalue weighted by Gasteiger charge is -2.17. The molecule has 1 atom stereocenters. The Morgan fingerprint density at radius 1 is 1.33 bits per heavy atom. The van der Waals surface area contributed by atoms with E-state index in [1.807, 2.05) is 32.0 Å². The van der Waals surface area contributed by atoms with Gasteiger partial charge >= 0.3 is 0 Å².